The first kappa shape index (κ1) is 31.7. The van der Waals surface area contributed by atoms with Crippen LogP contribution in [0.2, 0.25) is 5.02 Å². The second kappa shape index (κ2) is 14.8. The van der Waals surface area contributed by atoms with E-state index < -0.39 is 34.3 Å². The summed E-state index contributed by atoms with van der Waals surface area (Å²) in [6.07, 6.45) is 0.884. The highest BCUT2D eigenvalue weighted by molar-refractivity contribution is 7.92. The van der Waals surface area contributed by atoms with Gasteiger partial charge in [0.2, 0.25) is 11.8 Å². The molecule has 0 radical (unpaired) electrons. The minimum absolute atomic E-state index is 0.0415. The molecule has 10 heteroatoms. The molecule has 0 aromatic heterocycles. The molecule has 0 bridgehead atoms. The Morgan fingerprint density at radius 3 is 2.05 bits per heavy atom. The van der Waals surface area contributed by atoms with Gasteiger partial charge in [0.25, 0.3) is 10.0 Å². The first-order chi connectivity index (χ1) is 20.7. The van der Waals surface area contributed by atoms with Gasteiger partial charge < -0.3 is 10.2 Å². The fourth-order valence-electron chi connectivity index (χ4n) is 4.56. The molecule has 0 fully saturated rings. The zero-order valence-electron chi connectivity index (χ0n) is 23.7. The first-order valence-corrected chi connectivity index (χ1v) is 15.7. The molecule has 0 unspecified atom stereocenters. The maximum atomic E-state index is 14.3. The van der Waals surface area contributed by atoms with E-state index in [4.69, 9.17) is 11.6 Å². The normalized spacial score (nSPS) is 11.9. The van der Waals surface area contributed by atoms with Crippen LogP contribution in [0.1, 0.15) is 24.5 Å². The molecular formula is C33H33ClFN3O4S. The van der Waals surface area contributed by atoms with Crippen LogP contribution in [0.3, 0.4) is 0 Å². The van der Waals surface area contributed by atoms with Gasteiger partial charge >= 0.3 is 0 Å². The maximum absolute atomic E-state index is 14.3. The van der Waals surface area contributed by atoms with Gasteiger partial charge in [-0.3, -0.25) is 13.9 Å². The lowest BCUT2D eigenvalue weighted by Gasteiger charge is -2.34. The Labute approximate surface area is 257 Å². The maximum Gasteiger partial charge on any atom is 0.264 e. The third-order valence-corrected chi connectivity index (χ3v) is 8.85. The van der Waals surface area contributed by atoms with Crippen LogP contribution in [0.15, 0.2) is 114 Å². The van der Waals surface area contributed by atoms with Crippen molar-refractivity contribution in [1.82, 2.24) is 10.2 Å². The summed E-state index contributed by atoms with van der Waals surface area (Å²) < 4.78 is 42.6. The highest BCUT2D eigenvalue weighted by atomic mass is 35.5. The molecule has 7 nitrogen and oxygen atoms in total. The molecular weight excluding hydrogens is 589 g/mol. The average molecular weight is 622 g/mol. The van der Waals surface area contributed by atoms with E-state index in [1.165, 1.54) is 41.3 Å². The molecule has 0 aliphatic carbocycles. The largest absolute Gasteiger partial charge is 0.354 e. The van der Waals surface area contributed by atoms with Crippen molar-refractivity contribution < 1.29 is 22.4 Å². The number of carbonyl (C=O) groups excluding carboxylic acids is 2. The van der Waals surface area contributed by atoms with Crippen molar-refractivity contribution >= 4 is 39.1 Å². The molecule has 4 rings (SSSR count). The summed E-state index contributed by atoms with van der Waals surface area (Å²) in [4.78, 5) is 29.2. The Hall–Kier alpha value is -4.21. The van der Waals surface area contributed by atoms with Crippen molar-refractivity contribution in [2.45, 2.75) is 37.2 Å². The van der Waals surface area contributed by atoms with E-state index in [1.54, 1.807) is 42.5 Å². The fourth-order valence-corrected chi connectivity index (χ4v) is 6.10. The zero-order chi connectivity index (χ0) is 30.8. The van der Waals surface area contributed by atoms with E-state index in [-0.39, 0.29) is 29.5 Å². The van der Waals surface area contributed by atoms with Gasteiger partial charge in [-0.2, -0.15) is 0 Å². The summed E-state index contributed by atoms with van der Waals surface area (Å²) in [5.74, 6) is -1.40. The topological polar surface area (TPSA) is 86.8 Å². The number of nitrogens with one attached hydrogen (secondary N) is 1. The highest BCUT2D eigenvalue weighted by Crippen LogP contribution is 2.26. The molecule has 224 valence electrons. The molecule has 1 N–H and O–H groups in total. The van der Waals surface area contributed by atoms with Gasteiger partial charge in [0.05, 0.1) is 10.6 Å². The number of anilines is 1. The van der Waals surface area contributed by atoms with Crippen LogP contribution in [0, 0.1) is 5.82 Å². The minimum atomic E-state index is -4.22. The predicted molar refractivity (Wildman–Crippen MR) is 167 cm³/mol. The SMILES string of the molecule is CCCNC(=O)[C@@H](Cc1ccccc1)N(Cc1ccc(F)cc1)C(=O)CN(c1ccccc1)S(=O)(=O)c1ccc(Cl)cc1. The molecule has 0 saturated heterocycles. The van der Waals surface area contributed by atoms with E-state index >= 15 is 0 Å². The summed E-state index contributed by atoms with van der Waals surface area (Å²) >= 11 is 6.01. The number of para-hydroxylation sites is 1. The van der Waals surface area contributed by atoms with E-state index in [0.29, 0.717) is 23.6 Å². The van der Waals surface area contributed by atoms with Gasteiger partial charge in [0.1, 0.15) is 18.4 Å². The predicted octanol–water partition coefficient (Wildman–Crippen LogP) is 5.84. The number of halogens is 2. The molecule has 4 aromatic rings. The minimum Gasteiger partial charge on any atom is -0.354 e. The van der Waals surface area contributed by atoms with Gasteiger partial charge in [0.15, 0.2) is 0 Å². The van der Waals surface area contributed by atoms with Crippen LogP contribution in [0.25, 0.3) is 0 Å². The molecule has 4 aromatic carbocycles. The monoisotopic (exact) mass is 621 g/mol. The van der Waals surface area contributed by atoms with Gasteiger partial charge in [-0.05, 0) is 66.1 Å². The van der Waals surface area contributed by atoms with Crippen molar-refractivity contribution in [1.29, 1.82) is 0 Å². The van der Waals surface area contributed by atoms with E-state index in [9.17, 15) is 22.4 Å². The molecule has 43 heavy (non-hydrogen) atoms. The lowest BCUT2D eigenvalue weighted by Crippen LogP contribution is -2.53. The molecule has 0 aliphatic rings. The fraction of sp³-hybridized carbons (Fsp3) is 0.212. The third kappa shape index (κ3) is 8.43. The number of rotatable bonds is 13. The quantitative estimate of drug-likeness (QED) is 0.203. The van der Waals surface area contributed by atoms with Gasteiger partial charge in [0, 0.05) is 24.5 Å². The van der Waals surface area contributed by atoms with Gasteiger partial charge in [-0.25, -0.2) is 12.8 Å². The van der Waals surface area contributed by atoms with Gasteiger partial charge in [-0.1, -0.05) is 79.2 Å². The number of nitrogens with zero attached hydrogens (tertiary/aromatic N) is 2. The molecule has 0 heterocycles. The number of hydrogen-bond acceptors (Lipinski definition) is 4. The van der Waals surface area contributed by atoms with Crippen molar-refractivity contribution in [2.75, 3.05) is 17.4 Å². The standard InChI is InChI=1S/C33H33ClFN3O4S/c1-2-21-36-33(40)31(22-25-9-5-3-6-10-25)37(23-26-13-17-28(35)18-14-26)32(39)24-38(29-11-7-4-8-12-29)43(41,42)30-19-15-27(34)16-20-30/h3-20,31H,2,21-24H2,1H3,(H,36,40)/t31-/m1/s1. The smallest absolute Gasteiger partial charge is 0.264 e. The number of benzene rings is 4. The van der Waals surface area contributed by atoms with Crippen molar-refractivity contribution in [3.8, 4) is 0 Å². The second-order valence-corrected chi connectivity index (χ2v) is 12.2. The number of amides is 2. The Morgan fingerprint density at radius 1 is 0.837 bits per heavy atom. The number of hydrogen-bond donors (Lipinski definition) is 1. The van der Waals surface area contributed by atoms with Crippen molar-refractivity contribution in [3.63, 3.8) is 0 Å². The lowest BCUT2D eigenvalue weighted by molar-refractivity contribution is -0.140. The molecule has 2 amide bonds. The molecule has 0 saturated carbocycles. The van der Waals surface area contributed by atoms with E-state index in [2.05, 4.69) is 5.32 Å². The summed E-state index contributed by atoms with van der Waals surface area (Å²) in [5, 5.41) is 3.26. The number of carbonyl (C=O) groups is 2. The summed E-state index contributed by atoms with van der Waals surface area (Å²) in [6, 6.07) is 27.9. The summed E-state index contributed by atoms with van der Waals surface area (Å²) in [6.45, 7) is 1.71. The van der Waals surface area contributed by atoms with Crippen molar-refractivity contribution in [2.24, 2.45) is 0 Å². The lowest BCUT2D eigenvalue weighted by atomic mass is 10.0. The van der Waals surface area contributed by atoms with E-state index in [1.807, 2.05) is 37.3 Å². The number of sulfonamides is 1. The first-order valence-electron chi connectivity index (χ1n) is 13.9. The summed E-state index contributed by atoms with van der Waals surface area (Å²) in [7, 11) is -4.22. The highest BCUT2D eigenvalue weighted by Gasteiger charge is 2.34. The molecule has 0 spiro atoms. The van der Waals surface area contributed by atoms with Crippen LogP contribution in [-0.2, 0) is 32.6 Å². The van der Waals surface area contributed by atoms with Crippen LogP contribution in [0.4, 0.5) is 10.1 Å². The Bertz CT molecular complexity index is 1600. The average Bonchev–Trinajstić information content (AvgIpc) is 3.02. The van der Waals surface area contributed by atoms with Crippen LogP contribution in [-0.4, -0.2) is 44.3 Å². The zero-order valence-corrected chi connectivity index (χ0v) is 25.3. The second-order valence-electron chi connectivity index (χ2n) is 9.95. The van der Waals surface area contributed by atoms with E-state index in [0.717, 1.165) is 9.87 Å². The van der Waals surface area contributed by atoms with Crippen molar-refractivity contribution in [3.05, 3.63) is 131 Å². The van der Waals surface area contributed by atoms with Crippen LogP contribution < -0.4 is 9.62 Å². The third-order valence-electron chi connectivity index (χ3n) is 6.81. The Morgan fingerprint density at radius 2 is 1.44 bits per heavy atom. The summed E-state index contributed by atoms with van der Waals surface area (Å²) in [5.41, 5.74) is 1.69. The molecule has 1 atom stereocenters. The van der Waals surface area contributed by atoms with Gasteiger partial charge in [-0.15, -0.1) is 0 Å². The Kier molecular flexibility index (Phi) is 10.9. The van der Waals surface area contributed by atoms with Crippen LogP contribution in [0.5, 0.6) is 0 Å². The molecule has 0 aliphatic heterocycles. The van der Waals surface area contributed by atoms with Crippen LogP contribution >= 0.6 is 11.6 Å². The Balaban J connectivity index is 1.77.